The van der Waals surface area contributed by atoms with Crippen molar-refractivity contribution >= 4 is 5.90 Å². The molecule has 15 heavy (non-hydrogen) atoms. The molecule has 0 atom stereocenters. The number of allylic oxidation sites excluding steroid dienone is 1. The highest BCUT2D eigenvalue weighted by atomic mass is 16.5. The minimum Gasteiger partial charge on any atom is -0.439 e. The summed E-state index contributed by atoms with van der Waals surface area (Å²) in [5, 5.41) is 0. The van der Waals surface area contributed by atoms with E-state index in [2.05, 4.69) is 18.8 Å². The lowest BCUT2D eigenvalue weighted by molar-refractivity contribution is 0.553. The van der Waals surface area contributed by atoms with E-state index in [4.69, 9.17) is 4.74 Å². The average molecular weight is 203 g/mol. The fourth-order valence-electron chi connectivity index (χ4n) is 1.06. The summed E-state index contributed by atoms with van der Waals surface area (Å²) in [5.41, 5.74) is 1.26. The van der Waals surface area contributed by atoms with Crippen LogP contribution in [-0.2, 0) is 0 Å². The van der Waals surface area contributed by atoms with Crippen molar-refractivity contribution in [1.82, 2.24) is 0 Å². The molecular formula is C13H17NO. The Labute approximate surface area is 91.3 Å². The van der Waals surface area contributed by atoms with Gasteiger partial charge in [0.2, 0.25) is 5.90 Å². The summed E-state index contributed by atoms with van der Waals surface area (Å²) in [4.78, 5) is 4.09. The number of hydrogen-bond acceptors (Lipinski definition) is 2. The maximum absolute atomic E-state index is 5.61. The minimum atomic E-state index is 0.653. The first-order chi connectivity index (χ1) is 7.26. The SMILES string of the molecule is CC/C(C)=C\C(=NC)Oc1ccccc1. The van der Waals surface area contributed by atoms with Gasteiger partial charge in [0.15, 0.2) is 0 Å². The van der Waals surface area contributed by atoms with Gasteiger partial charge in [0, 0.05) is 7.05 Å². The number of rotatable bonds is 3. The van der Waals surface area contributed by atoms with E-state index in [1.54, 1.807) is 7.05 Å². The second kappa shape index (κ2) is 6.02. The zero-order chi connectivity index (χ0) is 11.1. The zero-order valence-electron chi connectivity index (χ0n) is 9.53. The molecule has 0 heterocycles. The van der Waals surface area contributed by atoms with Gasteiger partial charge in [0.05, 0.1) is 0 Å². The lowest BCUT2D eigenvalue weighted by Gasteiger charge is -2.05. The van der Waals surface area contributed by atoms with Crippen LogP contribution >= 0.6 is 0 Å². The Morgan fingerprint density at radius 1 is 1.33 bits per heavy atom. The van der Waals surface area contributed by atoms with Gasteiger partial charge in [-0.3, -0.25) is 4.99 Å². The highest BCUT2D eigenvalue weighted by Crippen LogP contribution is 2.10. The number of para-hydroxylation sites is 1. The number of ether oxygens (including phenoxy) is 1. The third-order valence-corrected chi connectivity index (χ3v) is 2.11. The monoisotopic (exact) mass is 203 g/mol. The number of hydrogen-bond donors (Lipinski definition) is 0. The van der Waals surface area contributed by atoms with Crippen molar-refractivity contribution in [3.05, 3.63) is 42.0 Å². The molecule has 0 amide bonds. The first-order valence-corrected chi connectivity index (χ1v) is 5.13. The Bertz CT molecular complexity index is 352. The first-order valence-electron chi connectivity index (χ1n) is 5.13. The molecule has 2 heteroatoms. The quantitative estimate of drug-likeness (QED) is 0.544. The highest BCUT2D eigenvalue weighted by Gasteiger charge is 1.97. The lowest BCUT2D eigenvalue weighted by atomic mass is 10.2. The second-order valence-corrected chi connectivity index (χ2v) is 3.32. The van der Waals surface area contributed by atoms with E-state index in [9.17, 15) is 0 Å². The van der Waals surface area contributed by atoms with E-state index in [0.717, 1.165) is 12.2 Å². The maximum atomic E-state index is 5.61. The van der Waals surface area contributed by atoms with Crippen LogP contribution in [0.15, 0.2) is 47.0 Å². The van der Waals surface area contributed by atoms with Crippen LogP contribution in [0, 0.1) is 0 Å². The molecule has 1 aromatic carbocycles. The summed E-state index contributed by atoms with van der Waals surface area (Å²) in [5.74, 6) is 1.47. The first kappa shape index (κ1) is 11.5. The van der Waals surface area contributed by atoms with Crippen molar-refractivity contribution in [3.8, 4) is 5.75 Å². The minimum absolute atomic E-state index is 0.653. The molecule has 0 N–H and O–H groups in total. The van der Waals surface area contributed by atoms with Crippen LogP contribution in [0.2, 0.25) is 0 Å². The van der Waals surface area contributed by atoms with Crippen molar-refractivity contribution in [3.63, 3.8) is 0 Å². The summed E-state index contributed by atoms with van der Waals surface area (Å²) in [6, 6.07) is 9.68. The molecule has 1 rings (SSSR count). The van der Waals surface area contributed by atoms with E-state index >= 15 is 0 Å². The van der Waals surface area contributed by atoms with Crippen LogP contribution in [0.3, 0.4) is 0 Å². The fourth-order valence-corrected chi connectivity index (χ4v) is 1.06. The molecule has 0 unspecified atom stereocenters. The topological polar surface area (TPSA) is 21.6 Å². The van der Waals surface area contributed by atoms with Crippen LogP contribution in [0.1, 0.15) is 20.3 Å². The van der Waals surface area contributed by atoms with Crippen LogP contribution in [0.5, 0.6) is 5.75 Å². The van der Waals surface area contributed by atoms with Crippen LogP contribution in [-0.4, -0.2) is 12.9 Å². The Morgan fingerprint density at radius 2 is 2.00 bits per heavy atom. The molecule has 0 radical (unpaired) electrons. The largest absolute Gasteiger partial charge is 0.439 e. The Hall–Kier alpha value is -1.57. The van der Waals surface area contributed by atoms with E-state index in [0.29, 0.717) is 5.90 Å². The van der Waals surface area contributed by atoms with Gasteiger partial charge >= 0.3 is 0 Å². The molecule has 0 spiro atoms. The number of aliphatic imine (C=N–C) groups is 1. The molecule has 0 bridgehead atoms. The van der Waals surface area contributed by atoms with Gasteiger partial charge < -0.3 is 4.74 Å². The van der Waals surface area contributed by atoms with Crippen LogP contribution in [0.4, 0.5) is 0 Å². The summed E-state index contributed by atoms with van der Waals surface area (Å²) < 4.78 is 5.61. The molecule has 80 valence electrons. The van der Waals surface area contributed by atoms with Crippen molar-refractivity contribution in [2.75, 3.05) is 7.05 Å². The van der Waals surface area contributed by atoms with E-state index in [-0.39, 0.29) is 0 Å². The molecule has 0 aliphatic heterocycles. The molecule has 0 saturated carbocycles. The Morgan fingerprint density at radius 3 is 2.53 bits per heavy atom. The van der Waals surface area contributed by atoms with Gasteiger partial charge in [-0.15, -0.1) is 0 Å². The number of nitrogens with zero attached hydrogens (tertiary/aromatic N) is 1. The smallest absolute Gasteiger partial charge is 0.214 e. The van der Waals surface area contributed by atoms with Crippen LogP contribution < -0.4 is 4.74 Å². The Kier molecular flexibility index (Phi) is 4.61. The average Bonchev–Trinajstić information content (AvgIpc) is 2.29. The molecule has 0 fully saturated rings. The normalized spacial score (nSPS) is 12.7. The summed E-state index contributed by atoms with van der Waals surface area (Å²) in [6.07, 6.45) is 2.98. The molecule has 0 aromatic heterocycles. The maximum Gasteiger partial charge on any atom is 0.214 e. The van der Waals surface area contributed by atoms with Crippen molar-refractivity contribution in [2.45, 2.75) is 20.3 Å². The fraction of sp³-hybridized carbons (Fsp3) is 0.308. The predicted molar refractivity (Wildman–Crippen MR) is 64.5 cm³/mol. The molecule has 2 nitrogen and oxygen atoms in total. The summed E-state index contributed by atoms with van der Waals surface area (Å²) in [6.45, 7) is 4.18. The number of benzene rings is 1. The molecule has 0 aliphatic rings. The Balaban J connectivity index is 2.72. The van der Waals surface area contributed by atoms with Gasteiger partial charge in [-0.1, -0.05) is 30.7 Å². The van der Waals surface area contributed by atoms with Gasteiger partial charge in [-0.25, -0.2) is 0 Å². The van der Waals surface area contributed by atoms with E-state index in [1.807, 2.05) is 36.4 Å². The van der Waals surface area contributed by atoms with Crippen LogP contribution in [0.25, 0.3) is 0 Å². The third-order valence-electron chi connectivity index (χ3n) is 2.11. The summed E-state index contributed by atoms with van der Waals surface area (Å²) in [7, 11) is 1.73. The van der Waals surface area contributed by atoms with E-state index < -0.39 is 0 Å². The lowest BCUT2D eigenvalue weighted by Crippen LogP contribution is -2.05. The predicted octanol–water partition coefficient (Wildman–Crippen LogP) is 3.45. The highest BCUT2D eigenvalue weighted by molar-refractivity contribution is 5.89. The molecular weight excluding hydrogens is 186 g/mol. The molecule has 0 saturated heterocycles. The van der Waals surface area contributed by atoms with Gasteiger partial charge in [0.1, 0.15) is 5.75 Å². The van der Waals surface area contributed by atoms with Crippen molar-refractivity contribution < 1.29 is 4.74 Å². The standard InChI is InChI=1S/C13H17NO/c1-4-11(2)10-13(14-3)15-12-8-6-5-7-9-12/h5-10H,4H2,1-3H3/b11-10-,14-13?. The van der Waals surface area contributed by atoms with Gasteiger partial charge in [-0.05, 0) is 31.6 Å². The molecule has 0 aliphatic carbocycles. The molecule has 1 aromatic rings. The van der Waals surface area contributed by atoms with Crippen molar-refractivity contribution in [1.29, 1.82) is 0 Å². The van der Waals surface area contributed by atoms with Crippen molar-refractivity contribution in [2.24, 2.45) is 4.99 Å². The second-order valence-electron chi connectivity index (χ2n) is 3.32. The third kappa shape index (κ3) is 3.98. The van der Waals surface area contributed by atoms with Gasteiger partial charge in [-0.2, -0.15) is 0 Å². The van der Waals surface area contributed by atoms with E-state index in [1.165, 1.54) is 5.57 Å². The zero-order valence-corrected chi connectivity index (χ0v) is 9.53. The van der Waals surface area contributed by atoms with Gasteiger partial charge in [0.25, 0.3) is 0 Å². The summed E-state index contributed by atoms with van der Waals surface area (Å²) >= 11 is 0.